The Kier molecular flexibility index (Phi) is 6.77. The number of fused-ring (bicyclic) bond motifs is 1. The zero-order chi connectivity index (χ0) is 24.4. The van der Waals surface area contributed by atoms with Gasteiger partial charge in [0.2, 0.25) is 0 Å². The number of aryl methyl sites for hydroxylation is 1. The van der Waals surface area contributed by atoms with Crippen LogP contribution in [0.2, 0.25) is 0 Å². The van der Waals surface area contributed by atoms with Gasteiger partial charge in [-0.15, -0.1) is 0 Å². The van der Waals surface area contributed by atoms with Crippen molar-refractivity contribution in [3.63, 3.8) is 0 Å². The molecule has 7 nitrogen and oxygen atoms in total. The zero-order valence-electron chi connectivity index (χ0n) is 20.1. The van der Waals surface area contributed by atoms with E-state index in [-0.39, 0.29) is 5.91 Å². The van der Waals surface area contributed by atoms with Crippen LogP contribution in [0.3, 0.4) is 0 Å². The molecule has 0 radical (unpaired) electrons. The van der Waals surface area contributed by atoms with E-state index in [1.807, 2.05) is 49.5 Å². The second-order valence-corrected chi connectivity index (χ2v) is 10.0. The van der Waals surface area contributed by atoms with Crippen LogP contribution in [0.1, 0.15) is 28.4 Å². The first-order chi connectivity index (χ1) is 17.0. The van der Waals surface area contributed by atoms with E-state index in [0.717, 1.165) is 72.0 Å². The molecule has 0 atom stereocenters. The molecule has 1 aliphatic heterocycles. The highest BCUT2D eigenvalue weighted by Crippen LogP contribution is 2.29. The molecule has 5 rings (SSSR count). The lowest BCUT2D eigenvalue weighted by molar-refractivity contribution is 0.102. The number of thiazole rings is 1. The summed E-state index contributed by atoms with van der Waals surface area (Å²) < 4.78 is 0. The molecule has 3 heterocycles. The first kappa shape index (κ1) is 23.4. The predicted octanol–water partition coefficient (Wildman–Crippen LogP) is 4.64. The summed E-state index contributed by atoms with van der Waals surface area (Å²) in [4.78, 5) is 27.6. The van der Waals surface area contributed by atoms with E-state index in [1.54, 1.807) is 0 Å². The van der Waals surface area contributed by atoms with Crippen LogP contribution >= 0.6 is 11.3 Å². The summed E-state index contributed by atoms with van der Waals surface area (Å²) in [5.74, 6) is -0.137. The number of amides is 1. The number of piperazine rings is 1. The van der Waals surface area contributed by atoms with Crippen molar-refractivity contribution in [2.24, 2.45) is 0 Å². The van der Waals surface area contributed by atoms with Gasteiger partial charge in [-0.05, 0) is 60.5 Å². The van der Waals surface area contributed by atoms with Crippen molar-refractivity contribution in [2.75, 3.05) is 43.8 Å². The van der Waals surface area contributed by atoms with Crippen LogP contribution in [0.5, 0.6) is 0 Å². The maximum atomic E-state index is 13.0. The van der Waals surface area contributed by atoms with E-state index in [1.165, 1.54) is 16.9 Å². The van der Waals surface area contributed by atoms with Crippen LogP contribution in [0.15, 0.2) is 54.7 Å². The fourth-order valence-corrected chi connectivity index (χ4v) is 5.14. The Morgan fingerprint density at radius 3 is 2.54 bits per heavy atom. The van der Waals surface area contributed by atoms with Crippen molar-refractivity contribution in [3.8, 4) is 11.1 Å². The van der Waals surface area contributed by atoms with Gasteiger partial charge >= 0.3 is 0 Å². The van der Waals surface area contributed by atoms with Gasteiger partial charge in [0, 0.05) is 55.7 Å². The van der Waals surface area contributed by atoms with E-state index >= 15 is 0 Å². The Morgan fingerprint density at radius 2 is 1.80 bits per heavy atom. The summed E-state index contributed by atoms with van der Waals surface area (Å²) >= 11 is 1.37. The summed E-state index contributed by atoms with van der Waals surface area (Å²) in [5.41, 5.74) is 12.2. The highest BCUT2D eigenvalue weighted by Gasteiger charge is 2.16. The molecule has 0 spiro atoms. The Hall–Kier alpha value is -3.33. The van der Waals surface area contributed by atoms with Gasteiger partial charge in [-0.3, -0.25) is 9.69 Å². The van der Waals surface area contributed by atoms with Crippen molar-refractivity contribution in [3.05, 3.63) is 71.4 Å². The highest BCUT2D eigenvalue weighted by atomic mass is 32.1. The van der Waals surface area contributed by atoms with Crippen molar-refractivity contribution in [1.29, 1.82) is 0 Å². The van der Waals surface area contributed by atoms with E-state index in [9.17, 15) is 4.79 Å². The monoisotopic (exact) mass is 486 g/mol. The van der Waals surface area contributed by atoms with Gasteiger partial charge in [0.15, 0.2) is 5.13 Å². The number of aromatic nitrogens is 2. The lowest BCUT2D eigenvalue weighted by atomic mass is 9.99. The second kappa shape index (κ2) is 10.1. The number of hydrogen-bond donors (Lipinski definition) is 2. The lowest BCUT2D eigenvalue weighted by Gasteiger charge is -2.34. The van der Waals surface area contributed by atoms with Gasteiger partial charge < -0.3 is 16.0 Å². The molecule has 1 aliphatic rings. The number of hydrogen-bond acceptors (Lipinski definition) is 7. The number of pyridine rings is 1. The normalized spacial score (nSPS) is 14.9. The molecule has 2 aromatic carbocycles. The molecule has 0 saturated carbocycles. The summed E-state index contributed by atoms with van der Waals surface area (Å²) in [6, 6.07) is 15.9. The number of benzene rings is 2. The quantitative estimate of drug-likeness (QED) is 0.413. The molecule has 0 aliphatic carbocycles. The molecule has 1 fully saturated rings. The number of carbonyl (C=O) groups excluding carboxylic acids is 1. The van der Waals surface area contributed by atoms with Crippen molar-refractivity contribution < 1.29 is 4.79 Å². The fourth-order valence-electron chi connectivity index (χ4n) is 4.48. The first-order valence-electron chi connectivity index (χ1n) is 12.0. The van der Waals surface area contributed by atoms with Crippen LogP contribution in [-0.2, 0) is 6.54 Å². The number of rotatable bonds is 6. The minimum Gasteiger partial charge on any atom is -0.375 e. The molecule has 1 saturated heterocycles. The van der Waals surface area contributed by atoms with Crippen molar-refractivity contribution in [2.45, 2.75) is 20.4 Å². The van der Waals surface area contributed by atoms with Crippen LogP contribution < -0.4 is 11.1 Å². The summed E-state index contributed by atoms with van der Waals surface area (Å²) in [7, 11) is 0. The lowest BCUT2D eigenvalue weighted by Crippen LogP contribution is -2.45. The summed E-state index contributed by atoms with van der Waals surface area (Å²) in [6.45, 7) is 10.8. The van der Waals surface area contributed by atoms with Crippen molar-refractivity contribution in [1.82, 2.24) is 19.8 Å². The van der Waals surface area contributed by atoms with Crippen molar-refractivity contribution >= 4 is 38.4 Å². The van der Waals surface area contributed by atoms with Gasteiger partial charge in [0.1, 0.15) is 10.3 Å². The smallest absolute Gasteiger partial charge is 0.255 e. The van der Waals surface area contributed by atoms with E-state index in [0.29, 0.717) is 10.7 Å². The molecule has 8 heteroatoms. The molecule has 1 amide bonds. The van der Waals surface area contributed by atoms with E-state index in [4.69, 9.17) is 5.73 Å². The number of likely N-dealkylation sites (N-methyl/N-ethyl adjacent to an activating group) is 1. The summed E-state index contributed by atoms with van der Waals surface area (Å²) in [6.07, 6.45) is 1.81. The third-order valence-electron chi connectivity index (χ3n) is 6.60. The Morgan fingerprint density at radius 1 is 1.06 bits per heavy atom. The Labute approximate surface area is 209 Å². The molecular formula is C27H30N6OS. The minimum absolute atomic E-state index is 0.137. The third kappa shape index (κ3) is 5.35. The Balaban J connectivity index is 1.26. The number of nitrogens with two attached hydrogens (primary N) is 1. The highest BCUT2D eigenvalue weighted by molar-refractivity contribution is 7.21. The third-order valence-corrected chi connectivity index (χ3v) is 7.41. The van der Waals surface area contributed by atoms with Gasteiger partial charge in [0.05, 0.1) is 0 Å². The topological polar surface area (TPSA) is 87.4 Å². The molecule has 0 bridgehead atoms. The number of nitrogen functional groups attached to an aromatic ring is 1. The maximum absolute atomic E-state index is 13.0. The maximum Gasteiger partial charge on any atom is 0.255 e. The van der Waals surface area contributed by atoms with E-state index < -0.39 is 0 Å². The second-order valence-electron chi connectivity index (χ2n) is 8.99. The average molecular weight is 487 g/mol. The molecule has 35 heavy (non-hydrogen) atoms. The Bertz CT molecular complexity index is 1340. The van der Waals surface area contributed by atoms with E-state index in [2.05, 4.69) is 44.1 Å². The number of nitrogens with one attached hydrogen (secondary N) is 1. The van der Waals surface area contributed by atoms with Gasteiger partial charge in [0.25, 0.3) is 5.91 Å². The van der Waals surface area contributed by atoms with Gasteiger partial charge in [-0.2, -0.15) is 0 Å². The number of nitrogens with zero attached hydrogens (tertiary/aromatic N) is 4. The first-order valence-corrected chi connectivity index (χ1v) is 12.8. The fraction of sp³-hybridized carbons (Fsp3) is 0.296. The number of anilines is 2. The SMILES string of the molecule is CCN1CCN(Cc2ccc(NC(=O)c3ccc(C)c(-c4cnc5sc(N)nc5c4)c3)cc2)CC1. The molecule has 3 N–H and O–H groups in total. The average Bonchev–Trinajstić information content (AvgIpc) is 3.25. The zero-order valence-corrected chi connectivity index (χ0v) is 20.9. The van der Waals surface area contributed by atoms with Gasteiger partial charge in [-0.25, -0.2) is 9.97 Å². The van der Waals surface area contributed by atoms with Crippen LogP contribution in [0.25, 0.3) is 21.5 Å². The van der Waals surface area contributed by atoms with Crippen LogP contribution in [0.4, 0.5) is 10.8 Å². The summed E-state index contributed by atoms with van der Waals surface area (Å²) in [5, 5.41) is 3.53. The van der Waals surface area contributed by atoms with Crippen LogP contribution in [0, 0.1) is 6.92 Å². The minimum atomic E-state index is -0.137. The number of carbonyl (C=O) groups is 1. The van der Waals surface area contributed by atoms with Gasteiger partial charge in [-0.1, -0.05) is 36.5 Å². The van der Waals surface area contributed by atoms with Crippen LogP contribution in [-0.4, -0.2) is 58.4 Å². The molecule has 180 valence electrons. The molecule has 0 unspecified atom stereocenters. The molecule has 2 aromatic heterocycles. The standard InChI is InChI=1S/C27H30N6OS/c1-3-32-10-12-33(13-11-32)17-19-5-8-22(9-6-19)30-25(34)20-7-4-18(2)23(14-20)21-15-24-26(29-16-21)35-27(28)31-24/h4-9,14-16H,3,10-13,17H2,1-2H3,(H2,28,31)(H,30,34). The molecule has 4 aromatic rings. The largest absolute Gasteiger partial charge is 0.375 e. The molecular weight excluding hydrogens is 456 g/mol. The predicted molar refractivity (Wildman–Crippen MR) is 144 cm³/mol.